The number of esters is 1. The molecule has 0 aliphatic rings. The molecule has 0 saturated carbocycles. The van der Waals surface area contributed by atoms with Crippen LogP contribution in [0.25, 0.3) is 0 Å². The van der Waals surface area contributed by atoms with E-state index in [1.54, 1.807) is 0 Å². The molecule has 3 nitrogen and oxygen atoms in total. The fourth-order valence-electron chi connectivity index (χ4n) is 1.31. The Balaban J connectivity index is 3.99. The minimum Gasteiger partial charge on any atom is -0.469 e. The van der Waals surface area contributed by atoms with E-state index in [0.717, 1.165) is 0 Å². The van der Waals surface area contributed by atoms with E-state index in [2.05, 4.69) is 25.5 Å². The molecule has 0 aliphatic heterocycles. The number of aliphatic hydroxyl groups is 1. The Hall–Kier alpha value is -0.570. The monoisotopic (exact) mass is 202 g/mol. The predicted octanol–water partition coefficient (Wildman–Crippen LogP) is 1.98. The number of rotatable bonds is 4. The van der Waals surface area contributed by atoms with E-state index in [1.165, 1.54) is 7.11 Å². The summed E-state index contributed by atoms with van der Waals surface area (Å²) in [5, 5.41) is 9.79. The van der Waals surface area contributed by atoms with Crippen LogP contribution in [0.2, 0.25) is 0 Å². The lowest BCUT2D eigenvalue weighted by atomic mass is 9.84. The fraction of sp³-hybridized carbons (Fsp3) is 0.909. The van der Waals surface area contributed by atoms with E-state index in [4.69, 9.17) is 0 Å². The van der Waals surface area contributed by atoms with Gasteiger partial charge in [0.05, 0.1) is 19.6 Å². The van der Waals surface area contributed by atoms with Crippen molar-refractivity contribution >= 4 is 5.97 Å². The van der Waals surface area contributed by atoms with Gasteiger partial charge in [-0.3, -0.25) is 4.79 Å². The summed E-state index contributed by atoms with van der Waals surface area (Å²) < 4.78 is 4.55. The SMILES string of the molecule is COC(=O)CC(C)C(O)CC(C)(C)C. The Morgan fingerprint density at radius 1 is 1.43 bits per heavy atom. The zero-order chi connectivity index (χ0) is 11.4. The topological polar surface area (TPSA) is 46.5 Å². The quantitative estimate of drug-likeness (QED) is 0.709. The number of ether oxygens (including phenoxy) is 1. The zero-order valence-corrected chi connectivity index (χ0v) is 9.83. The van der Waals surface area contributed by atoms with Crippen molar-refractivity contribution in [1.29, 1.82) is 0 Å². The molecule has 2 unspecified atom stereocenters. The largest absolute Gasteiger partial charge is 0.469 e. The molecule has 0 saturated heterocycles. The molecule has 2 atom stereocenters. The molecular formula is C11H22O3. The van der Waals surface area contributed by atoms with Crippen LogP contribution >= 0.6 is 0 Å². The lowest BCUT2D eigenvalue weighted by Gasteiger charge is -2.25. The van der Waals surface area contributed by atoms with Gasteiger partial charge in [-0.15, -0.1) is 0 Å². The first-order chi connectivity index (χ1) is 6.26. The van der Waals surface area contributed by atoms with Crippen molar-refractivity contribution in [3.63, 3.8) is 0 Å². The Morgan fingerprint density at radius 2 is 1.93 bits per heavy atom. The highest BCUT2D eigenvalue weighted by molar-refractivity contribution is 5.69. The van der Waals surface area contributed by atoms with Gasteiger partial charge in [-0.05, 0) is 17.8 Å². The van der Waals surface area contributed by atoms with E-state index in [1.807, 2.05) is 6.92 Å². The maximum Gasteiger partial charge on any atom is 0.305 e. The predicted molar refractivity (Wildman–Crippen MR) is 55.9 cm³/mol. The fourth-order valence-corrected chi connectivity index (χ4v) is 1.31. The van der Waals surface area contributed by atoms with Crippen molar-refractivity contribution in [3.05, 3.63) is 0 Å². The van der Waals surface area contributed by atoms with Crippen molar-refractivity contribution in [3.8, 4) is 0 Å². The maximum atomic E-state index is 11.0. The second-order valence-corrected chi connectivity index (χ2v) is 5.09. The summed E-state index contributed by atoms with van der Waals surface area (Å²) in [5.74, 6) is -0.299. The lowest BCUT2D eigenvalue weighted by Crippen LogP contribution is -2.26. The Morgan fingerprint density at radius 3 is 2.29 bits per heavy atom. The molecule has 0 aromatic rings. The first kappa shape index (κ1) is 13.4. The number of carbonyl (C=O) groups is 1. The van der Waals surface area contributed by atoms with Gasteiger partial charge in [-0.1, -0.05) is 27.7 Å². The summed E-state index contributed by atoms with van der Waals surface area (Å²) in [7, 11) is 1.37. The highest BCUT2D eigenvalue weighted by Gasteiger charge is 2.23. The molecule has 0 fully saturated rings. The smallest absolute Gasteiger partial charge is 0.305 e. The molecule has 14 heavy (non-hydrogen) atoms. The van der Waals surface area contributed by atoms with E-state index in [9.17, 15) is 9.90 Å². The van der Waals surface area contributed by atoms with Gasteiger partial charge in [0.2, 0.25) is 0 Å². The molecular weight excluding hydrogens is 180 g/mol. The van der Waals surface area contributed by atoms with Crippen LogP contribution in [0, 0.1) is 11.3 Å². The number of hydrogen-bond donors (Lipinski definition) is 1. The van der Waals surface area contributed by atoms with E-state index in [0.29, 0.717) is 6.42 Å². The molecule has 0 aliphatic carbocycles. The highest BCUT2D eigenvalue weighted by Crippen LogP contribution is 2.25. The second-order valence-electron chi connectivity index (χ2n) is 5.09. The Bertz CT molecular complexity index is 181. The van der Waals surface area contributed by atoms with Crippen LogP contribution < -0.4 is 0 Å². The molecule has 0 aromatic heterocycles. The first-order valence-corrected chi connectivity index (χ1v) is 5.01. The molecule has 3 heteroatoms. The second kappa shape index (κ2) is 5.35. The molecule has 0 heterocycles. The molecule has 0 aromatic carbocycles. The minimum atomic E-state index is -0.436. The third kappa shape index (κ3) is 5.97. The molecule has 0 amide bonds. The molecule has 0 spiro atoms. The first-order valence-electron chi connectivity index (χ1n) is 5.01. The van der Waals surface area contributed by atoms with Gasteiger partial charge in [0.1, 0.15) is 0 Å². The molecule has 0 bridgehead atoms. The Labute approximate surface area is 86.5 Å². The van der Waals surface area contributed by atoms with E-state index < -0.39 is 6.10 Å². The molecule has 0 rings (SSSR count). The standard InChI is InChI=1S/C11H22O3/c1-8(6-10(13)14-5)9(12)7-11(2,3)4/h8-9,12H,6-7H2,1-5H3. The average molecular weight is 202 g/mol. The van der Waals surface area contributed by atoms with Crippen LogP contribution in [0.4, 0.5) is 0 Å². The number of methoxy groups -OCH3 is 1. The zero-order valence-electron chi connectivity index (χ0n) is 9.83. The van der Waals surface area contributed by atoms with Crippen LogP contribution in [-0.2, 0) is 9.53 Å². The molecule has 0 radical (unpaired) electrons. The summed E-state index contributed by atoms with van der Waals surface area (Å²) in [6.45, 7) is 8.08. The summed E-state index contributed by atoms with van der Waals surface area (Å²) in [6.07, 6.45) is 0.549. The van der Waals surface area contributed by atoms with Gasteiger partial charge in [0.15, 0.2) is 0 Å². The molecule has 1 N–H and O–H groups in total. The maximum absolute atomic E-state index is 11.0. The third-order valence-electron chi connectivity index (χ3n) is 2.19. The van der Waals surface area contributed by atoms with Gasteiger partial charge in [-0.2, -0.15) is 0 Å². The Kier molecular flexibility index (Phi) is 5.13. The van der Waals surface area contributed by atoms with Crippen molar-refractivity contribution < 1.29 is 14.6 Å². The number of hydrogen-bond acceptors (Lipinski definition) is 3. The average Bonchev–Trinajstić information content (AvgIpc) is 2.00. The number of carbonyl (C=O) groups excluding carboxylic acids is 1. The summed E-state index contributed by atoms with van der Waals surface area (Å²) in [6, 6.07) is 0. The summed E-state index contributed by atoms with van der Waals surface area (Å²) in [4.78, 5) is 11.0. The normalized spacial score (nSPS) is 16.1. The van der Waals surface area contributed by atoms with Gasteiger partial charge < -0.3 is 9.84 Å². The van der Waals surface area contributed by atoms with E-state index in [-0.39, 0.29) is 23.7 Å². The van der Waals surface area contributed by atoms with Crippen LogP contribution in [-0.4, -0.2) is 24.3 Å². The van der Waals surface area contributed by atoms with Crippen molar-refractivity contribution in [2.45, 2.75) is 46.6 Å². The third-order valence-corrected chi connectivity index (χ3v) is 2.19. The lowest BCUT2D eigenvalue weighted by molar-refractivity contribution is -0.142. The number of aliphatic hydroxyl groups excluding tert-OH is 1. The van der Waals surface area contributed by atoms with Crippen LogP contribution in [0.1, 0.15) is 40.5 Å². The van der Waals surface area contributed by atoms with Gasteiger partial charge in [-0.25, -0.2) is 0 Å². The van der Waals surface area contributed by atoms with Gasteiger partial charge in [0, 0.05) is 0 Å². The summed E-state index contributed by atoms with van der Waals surface area (Å²) in [5.41, 5.74) is 0.0871. The molecule has 84 valence electrons. The van der Waals surface area contributed by atoms with E-state index >= 15 is 0 Å². The van der Waals surface area contributed by atoms with Crippen molar-refractivity contribution in [1.82, 2.24) is 0 Å². The minimum absolute atomic E-state index is 0.0401. The van der Waals surface area contributed by atoms with Crippen molar-refractivity contribution in [2.24, 2.45) is 11.3 Å². The van der Waals surface area contributed by atoms with Gasteiger partial charge >= 0.3 is 5.97 Å². The highest BCUT2D eigenvalue weighted by atomic mass is 16.5. The van der Waals surface area contributed by atoms with Crippen molar-refractivity contribution in [2.75, 3.05) is 7.11 Å². The van der Waals surface area contributed by atoms with Gasteiger partial charge in [0.25, 0.3) is 0 Å². The summed E-state index contributed by atoms with van der Waals surface area (Å²) >= 11 is 0. The van der Waals surface area contributed by atoms with Crippen LogP contribution in [0.3, 0.4) is 0 Å². The van der Waals surface area contributed by atoms with Crippen LogP contribution in [0.15, 0.2) is 0 Å². The van der Waals surface area contributed by atoms with Crippen LogP contribution in [0.5, 0.6) is 0 Å².